The van der Waals surface area contributed by atoms with Crippen molar-refractivity contribution in [2.45, 2.75) is 25.4 Å². The summed E-state index contributed by atoms with van der Waals surface area (Å²) in [5, 5.41) is 12.6. The Morgan fingerprint density at radius 3 is 2.96 bits per heavy atom. The molecule has 0 amide bonds. The zero-order valence-corrected chi connectivity index (χ0v) is 15.2. The number of nitrogens with one attached hydrogen (secondary N) is 1. The molecule has 4 heterocycles. The number of nitriles is 1. The first-order chi connectivity index (χ1) is 13.3. The van der Waals surface area contributed by atoms with Crippen LogP contribution in [0.15, 0.2) is 42.6 Å². The summed E-state index contributed by atoms with van der Waals surface area (Å²) in [7, 11) is 0. The molecule has 5 rings (SSSR count). The number of piperidine rings is 1. The summed E-state index contributed by atoms with van der Waals surface area (Å²) in [5.41, 5.74) is 3.67. The Labute approximate surface area is 158 Å². The lowest BCUT2D eigenvalue weighted by Crippen LogP contribution is -2.47. The molecule has 2 saturated heterocycles. The van der Waals surface area contributed by atoms with Gasteiger partial charge in [-0.2, -0.15) is 5.26 Å². The van der Waals surface area contributed by atoms with Gasteiger partial charge >= 0.3 is 0 Å². The first-order valence-electron chi connectivity index (χ1n) is 9.60. The van der Waals surface area contributed by atoms with Crippen LogP contribution in [-0.4, -0.2) is 40.2 Å². The smallest absolute Gasteiger partial charge is 0.206 e. The molecule has 27 heavy (non-hydrogen) atoms. The fourth-order valence-electron chi connectivity index (χ4n) is 4.42. The van der Waals surface area contributed by atoms with Gasteiger partial charge in [0.2, 0.25) is 5.95 Å². The average Bonchev–Trinajstić information content (AvgIpc) is 3.33. The standard InChI is InChI=1S/C21H22N6/c22-11-15-5-6-17(24-12-15)13-27-20-4-2-1-3-18(20)25-21(27)26-10-8-16-7-9-23-19(16)14-26/h1-6,12,16,19,23H,7-10,13-14H2/t16?,19-/m0/s1. The Balaban J connectivity index is 1.51. The third kappa shape index (κ3) is 2.94. The van der Waals surface area contributed by atoms with Crippen molar-refractivity contribution in [3.8, 4) is 6.07 Å². The fourth-order valence-corrected chi connectivity index (χ4v) is 4.42. The first-order valence-corrected chi connectivity index (χ1v) is 9.60. The van der Waals surface area contributed by atoms with Crippen molar-refractivity contribution in [3.05, 3.63) is 53.9 Å². The van der Waals surface area contributed by atoms with Gasteiger partial charge in [0.1, 0.15) is 6.07 Å². The molecule has 0 radical (unpaired) electrons. The number of hydrogen-bond donors (Lipinski definition) is 1. The van der Waals surface area contributed by atoms with Crippen molar-refractivity contribution in [3.63, 3.8) is 0 Å². The lowest BCUT2D eigenvalue weighted by Gasteiger charge is -2.35. The Bertz CT molecular complexity index is 1000. The number of anilines is 1. The predicted octanol–water partition coefficient (Wildman–Crippen LogP) is 2.54. The second kappa shape index (κ2) is 6.67. The van der Waals surface area contributed by atoms with E-state index in [1.165, 1.54) is 12.8 Å². The van der Waals surface area contributed by atoms with Crippen molar-refractivity contribution >= 4 is 17.0 Å². The second-order valence-corrected chi connectivity index (χ2v) is 7.48. The molecular weight excluding hydrogens is 336 g/mol. The molecule has 0 saturated carbocycles. The highest BCUT2D eigenvalue weighted by molar-refractivity contribution is 5.79. The quantitative estimate of drug-likeness (QED) is 0.779. The molecular formula is C21H22N6. The van der Waals surface area contributed by atoms with Crippen LogP contribution in [0.3, 0.4) is 0 Å². The molecule has 0 aliphatic carbocycles. The Morgan fingerprint density at radius 1 is 1.19 bits per heavy atom. The lowest BCUT2D eigenvalue weighted by molar-refractivity contribution is 0.369. The molecule has 1 unspecified atom stereocenters. The molecule has 2 aromatic heterocycles. The minimum atomic E-state index is 0.569. The van der Waals surface area contributed by atoms with Crippen LogP contribution >= 0.6 is 0 Å². The van der Waals surface area contributed by atoms with Crippen molar-refractivity contribution < 1.29 is 0 Å². The number of pyridine rings is 1. The molecule has 2 aliphatic heterocycles. The molecule has 0 bridgehead atoms. The number of fused-ring (bicyclic) bond motifs is 2. The van der Waals surface area contributed by atoms with Gasteiger partial charge in [0, 0.05) is 25.3 Å². The van der Waals surface area contributed by atoms with Crippen LogP contribution in [0.1, 0.15) is 24.1 Å². The maximum atomic E-state index is 9.00. The summed E-state index contributed by atoms with van der Waals surface area (Å²) < 4.78 is 2.26. The van der Waals surface area contributed by atoms with E-state index in [0.29, 0.717) is 18.2 Å². The van der Waals surface area contributed by atoms with Gasteiger partial charge in [-0.25, -0.2) is 4.98 Å². The van der Waals surface area contributed by atoms with Gasteiger partial charge in [-0.15, -0.1) is 0 Å². The van der Waals surface area contributed by atoms with E-state index in [-0.39, 0.29) is 0 Å². The Morgan fingerprint density at radius 2 is 2.11 bits per heavy atom. The molecule has 136 valence electrons. The third-order valence-corrected chi connectivity index (χ3v) is 5.87. The van der Waals surface area contributed by atoms with E-state index in [1.54, 1.807) is 6.20 Å². The fraction of sp³-hybridized carbons (Fsp3) is 0.381. The number of benzene rings is 1. The summed E-state index contributed by atoms with van der Waals surface area (Å²) in [6, 6.07) is 14.7. The molecule has 6 heteroatoms. The van der Waals surface area contributed by atoms with Gasteiger partial charge in [-0.1, -0.05) is 12.1 Å². The van der Waals surface area contributed by atoms with Crippen molar-refractivity contribution in [1.29, 1.82) is 5.26 Å². The average molecular weight is 358 g/mol. The molecule has 2 atom stereocenters. The van der Waals surface area contributed by atoms with E-state index in [0.717, 1.165) is 48.2 Å². The SMILES string of the molecule is N#Cc1ccc(Cn2c(N3CCC4CCN[C@H]4C3)nc3ccccc32)nc1. The number of hydrogen-bond acceptors (Lipinski definition) is 5. The molecule has 0 spiro atoms. The van der Waals surface area contributed by atoms with E-state index >= 15 is 0 Å². The number of para-hydroxylation sites is 2. The zero-order valence-electron chi connectivity index (χ0n) is 15.2. The van der Waals surface area contributed by atoms with Crippen LogP contribution in [-0.2, 0) is 6.54 Å². The van der Waals surface area contributed by atoms with Gasteiger partial charge < -0.3 is 14.8 Å². The van der Waals surface area contributed by atoms with Gasteiger partial charge in [-0.05, 0) is 49.6 Å². The van der Waals surface area contributed by atoms with E-state index in [1.807, 2.05) is 18.2 Å². The molecule has 2 aliphatic rings. The van der Waals surface area contributed by atoms with Crippen molar-refractivity contribution in [2.24, 2.45) is 5.92 Å². The molecule has 1 aromatic carbocycles. The Hall–Kier alpha value is -2.91. The summed E-state index contributed by atoms with van der Waals surface area (Å²) in [6.07, 6.45) is 4.15. The second-order valence-electron chi connectivity index (χ2n) is 7.48. The molecule has 1 N–H and O–H groups in total. The molecule has 2 fully saturated rings. The van der Waals surface area contributed by atoms with Crippen LogP contribution in [0.4, 0.5) is 5.95 Å². The Kier molecular flexibility index (Phi) is 4.02. The van der Waals surface area contributed by atoms with Crippen LogP contribution in [0.2, 0.25) is 0 Å². The minimum Gasteiger partial charge on any atom is -0.341 e. The monoisotopic (exact) mass is 358 g/mol. The summed E-state index contributed by atoms with van der Waals surface area (Å²) in [6.45, 7) is 3.84. The topological polar surface area (TPSA) is 69.8 Å². The maximum Gasteiger partial charge on any atom is 0.206 e. The minimum absolute atomic E-state index is 0.569. The van der Waals surface area contributed by atoms with E-state index in [4.69, 9.17) is 10.2 Å². The highest BCUT2D eigenvalue weighted by atomic mass is 15.3. The summed E-state index contributed by atoms with van der Waals surface area (Å²) in [5.74, 6) is 1.83. The molecule has 6 nitrogen and oxygen atoms in total. The predicted molar refractivity (Wildman–Crippen MR) is 105 cm³/mol. The lowest BCUT2D eigenvalue weighted by atomic mass is 9.93. The molecule has 3 aromatic rings. The first kappa shape index (κ1) is 16.3. The number of aromatic nitrogens is 3. The summed E-state index contributed by atoms with van der Waals surface area (Å²) in [4.78, 5) is 11.8. The third-order valence-electron chi connectivity index (χ3n) is 5.87. The normalized spacial score (nSPS) is 22.0. The zero-order chi connectivity index (χ0) is 18.2. The number of imidazole rings is 1. The van der Waals surface area contributed by atoms with Crippen molar-refractivity contribution in [2.75, 3.05) is 24.5 Å². The van der Waals surface area contributed by atoms with Crippen LogP contribution < -0.4 is 10.2 Å². The van der Waals surface area contributed by atoms with Crippen LogP contribution in [0.25, 0.3) is 11.0 Å². The number of rotatable bonds is 3. The highest BCUT2D eigenvalue weighted by Crippen LogP contribution is 2.30. The van der Waals surface area contributed by atoms with Gasteiger partial charge in [0.15, 0.2) is 0 Å². The number of nitrogens with zero attached hydrogens (tertiary/aromatic N) is 5. The van der Waals surface area contributed by atoms with Gasteiger partial charge in [-0.3, -0.25) is 4.98 Å². The van der Waals surface area contributed by atoms with E-state index < -0.39 is 0 Å². The maximum absolute atomic E-state index is 9.00. The van der Waals surface area contributed by atoms with Gasteiger partial charge in [0.05, 0.1) is 28.8 Å². The van der Waals surface area contributed by atoms with E-state index in [9.17, 15) is 0 Å². The largest absolute Gasteiger partial charge is 0.341 e. The van der Waals surface area contributed by atoms with Gasteiger partial charge in [0.25, 0.3) is 0 Å². The van der Waals surface area contributed by atoms with E-state index in [2.05, 4.69) is 44.0 Å². The summed E-state index contributed by atoms with van der Waals surface area (Å²) >= 11 is 0. The highest BCUT2D eigenvalue weighted by Gasteiger charge is 2.34. The van der Waals surface area contributed by atoms with Crippen LogP contribution in [0, 0.1) is 17.2 Å². The van der Waals surface area contributed by atoms with Crippen molar-refractivity contribution in [1.82, 2.24) is 19.9 Å². The van der Waals surface area contributed by atoms with Crippen LogP contribution in [0.5, 0.6) is 0 Å².